The van der Waals surface area contributed by atoms with Gasteiger partial charge in [-0.1, -0.05) is 42.8 Å². The van der Waals surface area contributed by atoms with Gasteiger partial charge in [0.25, 0.3) is 5.91 Å². The summed E-state index contributed by atoms with van der Waals surface area (Å²) in [7, 11) is -3.61. The van der Waals surface area contributed by atoms with Crippen LogP contribution in [0.5, 0.6) is 0 Å². The summed E-state index contributed by atoms with van der Waals surface area (Å²) in [6.07, 6.45) is 2.33. The molecule has 0 aromatic heterocycles. The van der Waals surface area contributed by atoms with Crippen LogP contribution >= 0.6 is 0 Å². The molecule has 2 aromatic rings. The standard InChI is InChI=1S/C23H31N3O3S/c1-4-25-30(28,29)20-12-9-18(3)21(15-20)23(27)24-16-22(26-13-5-6-14-26)19-10-7-17(2)8-11-19/h7-12,15,22,25H,4-6,13-14,16H2,1-3H3,(H,24,27)/t22-/m1/s1. The number of nitrogens with one attached hydrogen (secondary N) is 2. The number of likely N-dealkylation sites (tertiary alicyclic amines) is 1. The Labute approximate surface area is 179 Å². The molecule has 7 heteroatoms. The summed E-state index contributed by atoms with van der Waals surface area (Å²) in [5.74, 6) is -0.252. The lowest BCUT2D eigenvalue weighted by Crippen LogP contribution is -2.37. The third-order valence-corrected chi connectivity index (χ3v) is 7.14. The molecule has 2 N–H and O–H groups in total. The second-order valence-electron chi connectivity index (χ2n) is 7.86. The van der Waals surface area contributed by atoms with Crippen molar-refractivity contribution >= 4 is 15.9 Å². The van der Waals surface area contributed by atoms with Gasteiger partial charge in [0.1, 0.15) is 0 Å². The highest BCUT2D eigenvalue weighted by Gasteiger charge is 2.25. The Bertz CT molecular complexity index is 981. The van der Waals surface area contributed by atoms with Gasteiger partial charge in [0.2, 0.25) is 10.0 Å². The van der Waals surface area contributed by atoms with Crippen molar-refractivity contribution < 1.29 is 13.2 Å². The third kappa shape index (κ3) is 5.28. The highest BCUT2D eigenvalue weighted by Crippen LogP contribution is 2.25. The molecule has 162 valence electrons. The van der Waals surface area contributed by atoms with Crippen LogP contribution in [0.25, 0.3) is 0 Å². The number of carbonyl (C=O) groups excluding carboxylic acids is 1. The average molecular weight is 430 g/mol. The van der Waals surface area contributed by atoms with E-state index >= 15 is 0 Å². The highest BCUT2D eigenvalue weighted by molar-refractivity contribution is 7.89. The molecule has 30 heavy (non-hydrogen) atoms. The van der Waals surface area contributed by atoms with Crippen molar-refractivity contribution in [3.05, 3.63) is 64.7 Å². The Morgan fingerprint density at radius 1 is 1.07 bits per heavy atom. The van der Waals surface area contributed by atoms with Gasteiger partial charge in [0.15, 0.2) is 0 Å². The Morgan fingerprint density at radius 3 is 2.37 bits per heavy atom. The van der Waals surface area contributed by atoms with Gasteiger partial charge in [-0.2, -0.15) is 0 Å². The van der Waals surface area contributed by atoms with Crippen LogP contribution in [0.2, 0.25) is 0 Å². The molecule has 0 aliphatic carbocycles. The molecule has 1 atom stereocenters. The number of aryl methyl sites for hydroxylation is 2. The SMILES string of the molecule is CCNS(=O)(=O)c1ccc(C)c(C(=O)NC[C@H](c2ccc(C)cc2)N2CCCC2)c1. The van der Waals surface area contributed by atoms with E-state index in [1.165, 1.54) is 36.1 Å². The van der Waals surface area contributed by atoms with Crippen LogP contribution < -0.4 is 10.0 Å². The Morgan fingerprint density at radius 2 is 1.73 bits per heavy atom. The molecule has 1 saturated heterocycles. The molecule has 1 fully saturated rings. The van der Waals surface area contributed by atoms with E-state index < -0.39 is 10.0 Å². The van der Waals surface area contributed by atoms with Crippen LogP contribution in [0, 0.1) is 13.8 Å². The molecular formula is C23H31N3O3S. The first-order valence-electron chi connectivity index (χ1n) is 10.5. The van der Waals surface area contributed by atoms with Gasteiger partial charge in [0, 0.05) is 18.7 Å². The maximum atomic E-state index is 13.0. The molecule has 1 aliphatic rings. The minimum Gasteiger partial charge on any atom is -0.350 e. The van der Waals surface area contributed by atoms with Gasteiger partial charge in [-0.25, -0.2) is 13.1 Å². The fourth-order valence-corrected chi connectivity index (χ4v) is 4.94. The third-order valence-electron chi connectivity index (χ3n) is 5.60. The predicted molar refractivity (Wildman–Crippen MR) is 119 cm³/mol. The first-order chi connectivity index (χ1) is 14.3. The van der Waals surface area contributed by atoms with Crippen molar-refractivity contribution in [3.8, 4) is 0 Å². The second kappa shape index (κ2) is 9.73. The molecule has 3 rings (SSSR count). The van der Waals surface area contributed by atoms with Crippen molar-refractivity contribution in [2.24, 2.45) is 0 Å². The van der Waals surface area contributed by atoms with Gasteiger partial charge >= 0.3 is 0 Å². The van der Waals surface area contributed by atoms with E-state index in [2.05, 4.69) is 46.1 Å². The number of benzene rings is 2. The van der Waals surface area contributed by atoms with Gasteiger partial charge in [-0.3, -0.25) is 9.69 Å². The number of sulfonamides is 1. The smallest absolute Gasteiger partial charge is 0.251 e. The summed E-state index contributed by atoms with van der Waals surface area (Å²) < 4.78 is 27.1. The van der Waals surface area contributed by atoms with Crippen LogP contribution in [0.1, 0.15) is 52.9 Å². The van der Waals surface area contributed by atoms with Crippen LogP contribution in [-0.4, -0.2) is 45.4 Å². The minimum absolute atomic E-state index is 0.103. The molecule has 1 amide bonds. The summed E-state index contributed by atoms with van der Waals surface area (Å²) in [4.78, 5) is 15.5. The van der Waals surface area contributed by atoms with Crippen LogP contribution in [0.15, 0.2) is 47.4 Å². The lowest BCUT2D eigenvalue weighted by molar-refractivity contribution is 0.0937. The fraction of sp³-hybridized carbons (Fsp3) is 0.435. The Kier molecular flexibility index (Phi) is 7.28. The predicted octanol–water partition coefficient (Wildman–Crippen LogP) is 3.17. The zero-order chi connectivity index (χ0) is 21.7. The molecule has 0 spiro atoms. The summed E-state index contributed by atoms with van der Waals surface area (Å²) in [5.41, 5.74) is 3.52. The summed E-state index contributed by atoms with van der Waals surface area (Å²) >= 11 is 0. The van der Waals surface area contributed by atoms with E-state index in [4.69, 9.17) is 0 Å². The number of carbonyl (C=O) groups is 1. The van der Waals surface area contributed by atoms with Gasteiger partial charge in [0.05, 0.1) is 10.9 Å². The molecule has 1 heterocycles. The Balaban J connectivity index is 1.79. The van der Waals surface area contributed by atoms with Gasteiger partial charge < -0.3 is 5.32 Å². The van der Waals surface area contributed by atoms with Crippen molar-refractivity contribution in [3.63, 3.8) is 0 Å². The molecule has 0 bridgehead atoms. The number of amides is 1. The van der Waals surface area contributed by atoms with E-state index in [0.717, 1.165) is 18.7 Å². The summed E-state index contributed by atoms with van der Waals surface area (Å²) in [6, 6.07) is 13.2. The molecular weight excluding hydrogens is 398 g/mol. The van der Waals surface area contributed by atoms with E-state index in [0.29, 0.717) is 18.7 Å². The maximum Gasteiger partial charge on any atom is 0.251 e. The first kappa shape index (κ1) is 22.5. The average Bonchev–Trinajstić information content (AvgIpc) is 3.24. The first-order valence-corrected chi connectivity index (χ1v) is 12.0. The Hall–Kier alpha value is -2.22. The molecule has 0 radical (unpaired) electrons. The van der Waals surface area contributed by atoms with Crippen molar-refractivity contribution in [2.75, 3.05) is 26.2 Å². The summed E-state index contributed by atoms with van der Waals surface area (Å²) in [5, 5.41) is 3.04. The molecule has 0 unspecified atom stereocenters. The van der Waals surface area contributed by atoms with Gasteiger partial charge in [-0.05, 0) is 63.0 Å². The van der Waals surface area contributed by atoms with Crippen LogP contribution in [0.3, 0.4) is 0 Å². The summed E-state index contributed by atoms with van der Waals surface area (Å²) in [6.45, 7) is 8.41. The van der Waals surface area contributed by atoms with E-state index in [1.54, 1.807) is 13.0 Å². The monoisotopic (exact) mass is 429 g/mol. The molecule has 6 nitrogen and oxygen atoms in total. The highest BCUT2D eigenvalue weighted by atomic mass is 32.2. The second-order valence-corrected chi connectivity index (χ2v) is 9.62. The maximum absolute atomic E-state index is 13.0. The normalized spacial score (nSPS) is 15.8. The van der Waals surface area contributed by atoms with Crippen molar-refractivity contribution in [1.82, 2.24) is 14.9 Å². The lowest BCUT2D eigenvalue weighted by Gasteiger charge is -2.28. The van der Waals surface area contributed by atoms with Crippen LogP contribution in [-0.2, 0) is 10.0 Å². The minimum atomic E-state index is -3.61. The van der Waals surface area contributed by atoms with E-state index in [9.17, 15) is 13.2 Å². The van der Waals surface area contributed by atoms with E-state index in [-0.39, 0.29) is 16.8 Å². The number of rotatable bonds is 8. The fourth-order valence-electron chi connectivity index (χ4n) is 3.87. The van der Waals surface area contributed by atoms with Crippen molar-refractivity contribution in [2.45, 2.75) is 44.6 Å². The van der Waals surface area contributed by atoms with E-state index in [1.807, 2.05) is 6.92 Å². The topological polar surface area (TPSA) is 78.5 Å². The number of hydrogen-bond acceptors (Lipinski definition) is 4. The zero-order valence-electron chi connectivity index (χ0n) is 17.9. The largest absolute Gasteiger partial charge is 0.350 e. The molecule has 2 aromatic carbocycles. The lowest BCUT2D eigenvalue weighted by atomic mass is 10.0. The molecule has 1 aliphatic heterocycles. The molecule has 0 saturated carbocycles. The van der Waals surface area contributed by atoms with Gasteiger partial charge in [-0.15, -0.1) is 0 Å². The number of hydrogen-bond donors (Lipinski definition) is 2. The van der Waals surface area contributed by atoms with Crippen molar-refractivity contribution in [1.29, 1.82) is 0 Å². The van der Waals surface area contributed by atoms with Crippen LogP contribution in [0.4, 0.5) is 0 Å². The zero-order valence-corrected chi connectivity index (χ0v) is 18.8. The number of nitrogens with zero attached hydrogens (tertiary/aromatic N) is 1. The quantitative estimate of drug-likeness (QED) is 0.676.